The number of ether oxygens (including phenoxy) is 1. The second-order valence-corrected chi connectivity index (χ2v) is 30.4. The van der Waals surface area contributed by atoms with Crippen molar-refractivity contribution in [1.82, 2.24) is 59.0 Å². The Labute approximate surface area is 678 Å². The number of anilines is 9. The molecule has 0 unspecified atom stereocenters. The molecule has 16 rings (SSSR count). The fourth-order valence-electron chi connectivity index (χ4n) is 14.6. The van der Waals surface area contributed by atoms with Gasteiger partial charge in [-0.25, -0.2) is 43.4 Å². The first-order chi connectivity index (χ1) is 56.7. The summed E-state index contributed by atoms with van der Waals surface area (Å²) in [4.78, 5) is 57.7. The second-order valence-electron chi connectivity index (χ2n) is 30.4. The summed E-state index contributed by atoms with van der Waals surface area (Å²) >= 11 is 0. The molecular weight excluding hydrogens is 1550 g/mol. The van der Waals surface area contributed by atoms with E-state index in [4.69, 9.17) is 36.9 Å². The number of aryl methyl sites for hydroxylation is 3. The molecule has 6 aromatic heterocycles. The number of rotatable bonds is 20. The zero-order valence-corrected chi connectivity index (χ0v) is 66.3. The van der Waals surface area contributed by atoms with Crippen molar-refractivity contribution < 1.29 is 58.6 Å². The summed E-state index contributed by atoms with van der Waals surface area (Å²) in [6, 6.07) is 37.3. The third kappa shape index (κ3) is 19.7. The Morgan fingerprint density at radius 2 is 0.706 bits per heavy atom. The van der Waals surface area contributed by atoms with Gasteiger partial charge in [-0.3, -0.25) is 9.80 Å². The molecule has 7 heterocycles. The number of carbonyl (C=O) groups is 3. The summed E-state index contributed by atoms with van der Waals surface area (Å²) in [5, 5.41) is 30.9. The van der Waals surface area contributed by atoms with Crippen LogP contribution < -0.4 is 49.1 Å². The van der Waals surface area contributed by atoms with Gasteiger partial charge in [0, 0.05) is 123 Å². The number of hydrogen-bond acceptors (Lipinski definition) is 16. The van der Waals surface area contributed by atoms with Crippen LogP contribution in [0.5, 0.6) is 0 Å². The van der Waals surface area contributed by atoms with E-state index in [1.54, 1.807) is 69.4 Å². The van der Waals surface area contributed by atoms with Crippen LogP contribution in [-0.4, -0.2) is 131 Å². The summed E-state index contributed by atoms with van der Waals surface area (Å²) in [6.07, 6.45) is -7.01. The molecule has 12 aromatic rings. The van der Waals surface area contributed by atoms with Gasteiger partial charge in [-0.2, -0.15) is 54.8 Å². The molecule has 1 aliphatic heterocycles. The van der Waals surface area contributed by atoms with Gasteiger partial charge in [0.2, 0.25) is 0 Å². The van der Waals surface area contributed by atoms with Crippen LogP contribution in [0.25, 0.3) is 66.5 Å². The van der Waals surface area contributed by atoms with Crippen molar-refractivity contribution in [3.8, 4) is 33.4 Å². The summed E-state index contributed by atoms with van der Waals surface area (Å²) in [7, 11) is 8.83. The van der Waals surface area contributed by atoms with Gasteiger partial charge in [0.15, 0.2) is 34.4 Å². The van der Waals surface area contributed by atoms with Gasteiger partial charge >= 0.3 is 36.6 Å². The second kappa shape index (κ2) is 34.3. The molecule has 622 valence electrons. The number of carbonyl (C=O) groups excluding carboxylic acids is 3. The van der Waals surface area contributed by atoms with Crippen molar-refractivity contribution in [3.63, 3.8) is 0 Å². The SMILES string of the molecule is CCN(CC)Cc1ccc(NC(=O)Nc2ccc(-c3cc(C4CC4)nc4c3c(N)nn4C)cc2)cc1C(F)(F)F.CN(C)Cc1ccc(NC(=O)Nc2ccc(-c3cc(C4CC4)nc4c3c(N)nn4C)cc2)cc1C(F)(F)F.Cn1nc(N)c2c(-c3ccc(NC(=O)Nc4ccc(CN5CCOCC5)c(C(F)(F)F)c4)cc3)cc(C3CC3)nc21. The van der Waals surface area contributed by atoms with E-state index in [-0.39, 0.29) is 53.4 Å². The Bertz CT molecular complexity index is 5750. The number of urea groups is 3. The minimum Gasteiger partial charge on any atom is -0.382 e. The molecule has 25 nitrogen and oxygen atoms in total. The van der Waals surface area contributed by atoms with Crippen molar-refractivity contribution in [1.29, 1.82) is 0 Å². The van der Waals surface area contributed by atoms with Gasteiger partial charge in [-0.15, -0.1) is 0 Å². The van der Waals surface area contributed by atoms with Crippen LogP contribution in [0.15, 0.2) is 146 Å². The van der Waals surface area contributed by atoms with Crippen molar-refractivity contribution in [3.05, 3.63) is 196 Å². The highest BCUT2D eigenvalue weighted by Crippen LogP contribution is 2.47. The van der Waals surface area contributed by atoms with Crippen LogP contribution in [0.2, 0.25) is 0 Å². The molecule has 4 fully saturated rings. The molecule has 3 saturated carbocycles. The highest BCUT2D eigenvalue weighted by atomic mass is 19.4. The zero-order valence-electron chi connectivity index (χ0n) is 66.3. The predicted octanol–water partition coefficient (Wildman–Crippen LogP) is 18.0. The third-order valence-electron chi connectivity index (χ3n) is 21.2. The lowest BCUT2D eigenvalue weighted by molar-refractivity contribution is -0.139. The van der Waals surface area contributed by atoms with Crippen molar-refractivity contribution in [2.24, 2.45) is 21.1 Å². The molecule has 12 N–H and O–H groups in total. The fraction of sp³-hybridized carbons (Fsp3) is 0.329. The van der Waals surface area contributed by atoms with Crippen LogP contribution in [0, 0.1) is 0 Å². The van der Waals surface area contributed by atoms with Crippen LogP contribution >= 0.6 is 0 Å². The molecule has 3 aliphatic carbocycles. The Morgan fingerprint density at radius 1 is 0.420 bits per heavy atom. The number of nitrogens with one attached hydrogen (secondary N) is 6. The average molecular weight is 1640 g/mol. The number of amides is 6. The molecule has 4 aliphatic rings. The van der Waals surface area contributed by atoms with E-state index >= 15 is 0 Å². The smallest absolute Gasteiger partial charge is 0.382 e. The van der Waals surface area contributed by atoms with Crippen LogP contribution in [0.3, 0.4) is 0 Å². The lowest BCUT2D eigenvalue weighted by Gasteiger charge is -2.27. The molecule has 0 radical (unpaired) electrons. The Balaban J connectivity index is 0.000000147. The minimum absolute atomic E-state index is 0.0489. The summed E-state index contributed by atoms with van der Waals surface area (Å²) in [5.74, 6) is 2.49. The Kier molecular flexibility index (Phi) is 23.9. The number of halogens is 9. The maximum absolute atomic E-state index is 13.9. The fourth-order valence-corrected chi connectivity index (χ4v) is 14.6. The normalized spacial score (nSPS) is 14.6. The van der Waals surface area contributed by atoms with Crippen LogP contribution in [0.1, 0.15) is 121 Å². The first-order valence-electron chi connectivity index (χ1n) is 38.9. The van der Waals surface area contributed by atoms with E-state index in [9.17, 15) is 53.9 Å². The summed E-state index contributed by atoms with van der Waals surface area (Å²) < 4.78 is 134. The topological polar surface area (TPSA) is 313 Å². The number of nitrogen functional groups attached to an aromatic ring is 3. The number of nitrogens with zero attached hydrogens (tertiary/aromatic N) is 12. The number of benzene rings is 6. The van der Waals surface area contributed by atoms with Gasteiger partial charge in [0.25, 0.3) is 0 Å². The molecule has 6 amide bonds. The monoisotopic (exact) mass is 1640 g/mol. The van der Waals surface area contributed by atoms with Crippen LogP contribution in [-0.2, 0) is 64.0 Å². The molecule has 0 atom stereocenters. The maximum atomic E-state index is 13.9. The Hall–Kier alpha value is -12.4. The van der Waals surface area contributed by atoms with Gasteiger partial charge < -0.3 is 58.7 Å². The highest BCUT2D eigenvalue weighted by Gasteiger charge is 2.38. The standard InChI is InChI=1S/C29H30F3N7O2.C29H32F3N7O.C27H28F3N7O/c1-38-27-25(26(33)37-38)22(15-24(36-27)18-2-3-18)17-4-7-20(8-5-17)34-28(40)35-21-9-6-19(23(14-21)29(30,31)32)16-39-10-12-41-13-11-39;1-4-39(5-2)16-19-10-13-21(14-23(19)29(30,31)32)35-28(40)34-20-11-8-17(9-12-20)22-15-24(18-6-7-18)36-27-25(22)26(33)37-38(27)3;1-36(2)14-17-8-11-19(12-21(17)27(28,29)30)33-26(38)32-18-9-6-15(7-10-18)20-13-22(16-4-5-16)34-25-23(20)24(31)35-37(25)3/h4-9,14-15,18H,2-3,10-13,16H2,1H3,(H2,33,37)(H2,34,35,40);8-15,18H,4-7,16H2,1-3H3,(H2,33,37)(H2,34,35,40);6-13,16H,4-5,14H2,1-3H3,(H2,31,35)(H2,32,33,38). The molecule has 1 saturated heterocycles. The van der Waals surface area contributed by atoms with Gasteiger partial charge in [-0.1, -0.05) is 68.4 Å². The number of aromatic nitrogens is 9. The highest BCUT2D eigenvalue weighted by molar-refractivity contribution is 6.05. The first kappa shape index (κ1) is 83.1. The van der Waals surface area contributed by atoms with Crippen molar-refractivity contribution in [2.75, 3.05) is 103 Å². The maximum Gasteiger partial charge on any atom is 0.416 e. The minimum atomic E-state index is -4.55. The number of fused-ring (bicyclic) bond motifs is 3. The van der Waals surface area contributed by atoms with E-state index in [2.05, 4.69) is 53.3 Å². The van der Waals surface area contributed by atoms with E-state index in [0.29, 0.717) is 91.7 Å². The number of hydrogen-bond donors (Lipinski definition) is 9. The lowest BCUT2D eigenvalue weighted by atomic mass is 10.0. The Morgan fingerprint density at radius 3 is 1.00 bits per heavy atom. The average Bonchev–Trinajstić information content (AvgIpc) is 1.63. The number of alkyl halides is 9. The van der Waals surface area contributed by atoms with Gasteiger partial charge in [0.05, 0.1) is 46.1 Å². The number of nitrogens with two attached hydrogens (primary N) is 3. The lowest BCUT2D eigenvalue weighted by Crippen LogP contribution is -2.36. The van der Waals surface area contributed by atoms with Crippen molar-refractivity contribution in [2.45, 2.75) is 108 Å². The van der Waals surface area contributed by atoms with E-state index in [1.807, 2.05) is 93.3 Å². The van der Waals surface area contributed by atoms with E-state index in [0.717, 1.165) is 140 Å². The molecule has 119 heavy (non-hydrogen) atoms. The first-order valence-corrected chi connectivity index (χ1v) is 38.9. The summed E-state index contributed by atoms with van der Waals surface area (Å²) in [5.41, 5.74) is 28.9. The largest absolute Gasteiger partial charge is 0.416 e. The van der Waals surface area contributed by atoms with Gasteiger partial charge in [-0.05, 0) is 207 Å². The predicted molar refractivity (Wildman–Crippen MR) is 443 cm³/mol. The van der Waals surface area contributed by atoms with Gasteiger partial charge in [0.1, 0.15) is 0 Å². The zero-order chi connectivity index (χ0) is 84.5. The molecule has 0 bridgehead atoms. The van der Waals surface area contributed by atoms with E-state index < -0.39 is 53.3 Å². The summed E-state index contributed by atoms with van der Waals surface area (Å²) in [6.45, 7) is 7.68. The van der Waals surface area contributed by atoms with Crippen LogP contribution in [0.4, 0.5) is 105 Å². The number of morpholine rings is 1. The quantitative estimate of drug-likeness (QED) is 0.0320. The molecule has 0 spiro atoms. The molecule has 34 heteroatoms. The number of pyridine rings is 3. The molecule has 6 aromatic carbocycles. The third-order valence-corrected chi connectivity index (χ3v) is 21.2. The molecular formula is C85H90F9N21O4. The van der Waals surface area contributed by atoms with Crippen molar-refractivity contribution >= 4 is 103 Å². The van der Waals surface area contributed by atoms with E-state index in [1.165, 1.54) is 36.4 Å².